The molecule has 0 fully saturated rings. The summed E-state index contributed by atoms with van der Waals surface area (Å²) in [7, 11) is 2.01. The summed E-state index contributed by atoms with van der Waals surface area (Å²) in [5.41, 5.74) is 2.43. The van der Waals surface area contributed by atoms with Crippen LogP contribution in [0.15, 0.2) is 49.1 Å². The van der Waals surface area contributed by atoms with Gasteiger partial charge in [0.25, 0.3) is 0 Å². The number of aryl methyl sites for hydroxylation is 1. The molecule has 2 nitrogen and oxygen atoms in total. The Morgan fingerprint density at radius 3 is 2.00 bits per heavy atom. The van der Waals surface area contributed by atoms with Crippen molar-refractivity contribution in [2.24, 2.45) is 7.05 Å². The van der Waals surface area contributed by atoms with Crippen molar-refractivity contribution in [3.8, 4) is 11.1 Å². The maximum atomic E-state index is 3.98. The predicted octanol–water partition coefficient (Wildman–Crippen LogP) is 1.57. The van der Waals surface area contributed by atoms with Crippen LogP contribution >= 0.6 is 0 Å². The second-order valence-electron chi connectivity index (χ2n) is 2.99. The molecule has 2 aromatic heterocycles. The van der Waals surface area contributed by atoms with Gasteiger partial charge >= 0.3 is 0 Å². The first-order valence-corrected chi connectivity index (χ1v) is 4.22. The van der Waals surface area contributed by atoms with E-state index < -0.39 is 0 Å². The molecular formula is C11H11N2Y+. The summed E-state index contributed by atoms with van der Waals surface area (Å²) in [6.07, 6.45) is 7.69. The van der Waals surface area contributed by atoms with Gasteiger partial charge in [-0.1, -0.05) is 0 Å². The molecule has 0 N–H and O–H groups in total. The third-order valence-corrected chi connectivity index (χ3v) is 1.99. The number of rotatable bonds is 1. The zero-order chi connectivity index (χ0) is 9.10. The largest absolute Gasteiger partial charge is 0.265 e. The van der Waals surface area contributed by atoms with Gasteiger partial charge in [-0.2, -0.15) is 0 Å². The minimum atomic E-state index is 0. The molecule has 0 aliphatic heterocycles. The van der Waals surface area contributed by atoms with Crippen LogP contribution in [0.4, 0.5) is 0 Å². The quantitative estimate of drug-likeness (QED) is 0.711. The van der Waals surface area contributed by atoms with Crippen LogP contribution < -0.4 is 4.57 Å². The fourth-order valence-electron chi connectivity index (χ4n) is 1.24. The van der Waals surface area contributed by atoms with Gasteiger partial charge in [-0.05, 0) is 23.3 Å². The molecule has 0 amide bonds. The summed E-state index contributed by atoms with van der Waals surface area (Å²) in [5.74, 6) is 0. The topological polar surface area (TPSA) is 16.8 Å². The van der Waals surface area contributed by atoms with Crippen LogP contribution in [0.2, 0.25) is 0 Å². The maximum absolute atomic E-state index is 3.98. The third-order valence-electron chi connectivity index (χ3n) is 1.99. The van der Waals surface area contributed by atoms with Crippen molar-refractivity contribution < 1.29 is 37.3 Å². The van der Waals surface area contributed by atoms with Gasteiger partial charge in [0.1, 0.15) is 7.05 Å². The Morgan fingerprint density at radius 2 is 1.43 bits per heavy atom. The number of nitrogens with zero attached hydrogens (tertiary/aromatic N) is 2. The van der Waals surface area contributed by atoms with Gasteiger partial charge < -0.3 is 0 Å². The van der Waals surface area contributed by atoms with E-state index in [1.165, 1.54) is 11.1 Å². The first kappa shape index (κ1) is 11.5. The number of hydrogen-bond acceptors (Lipinski definition) is 1. The molecule has 0 spiro atoms. The Morgan fingerprint density at radius 1 is 0.929 bits per heavy atom. The third kappa shape index (κ3) is 2.69. The molecule has 1 radical (unpaired) electrons. The summed E-state index contributed by atoms with van der Waals surface area (Å²) >= 11 is 0. The molecule has 0 aliphatic carbocycles. The molecule has 0 saturated carbocycles. The second-order valence-corrected chi connectivity index (χ2v) is 2.99. The van der Waals surface area contributed by atoms with Crippen LogP contribution in [0.5, 0.6) is 0 Å². The first-order chi connectivity index (χ1) is 6.36. The molecule has 0 atom stereocenters. The average Bonchev–Trinajstić information content (AvgIpc) is 2.20. The molecule has 0 saturated heterocycles. The van der Waals surface area contributed by atoms with E-state index >= 15 is 0 Å². The van der Waals surface area contributed by atoms with Gasteiger partial charge in [-0.15, -0.1) is 0 Å². The summed E-state index contributed by atoms with van der Waals surface area (Å²) in [5, 5.41) is 0. The predicted molar refractivity (Wildman–Crippen MR) is 50.8 cm³/mol. The summed E-state index contributed by atoms with van der Waals surface area (Å²) in [6.45, 7) is 0. The molecule has 0 unspecified atom stereocenters. The van der Waals surface area contributed by atoms with E-state index in [9.17, 15) is 0 Å². The van der Waals surface area contributed by atoms with Gasteiger partial charge in [0.15, 0.2) is 12.4 Å². The fraction of sp³-hybridized carbons (Fsp3) is 0.0909. The fourth-order valence-corrected chi connectivity index (χ4v) is 1.24. The molecule has 0 aromatic carbocycles. The van der Waals surface area contributed by atoms with Crippen molar-refractivity contribution in [2.45, 2.75) is 0 Å². The van der Waals surface area contributed by atoms with Crippen LogP contribution in [0, 0.1) is 0 Å². The molecule has 14 heavy (non-hydrogen) atoms. The standard InChI is InChI=1S/C11H11N2.Y/c1-13-8-4-11(5-9-13)10-2-6-12-7-3-10;/h2-9H,1H3;/q+1;. The van der Waals surface area contributed by atoms with Crippen LogP contribution in [0.1, 0.15) is 0 Å². The van der Waals surface area contributed by atoms with E-state index in [4.69, 9.17) is 0 Å². The SMILES string of the molecule is C[n+]1ccc(-c2ccncc2)cc1.[Y]. The van der Waals surface area contributed by atoms with Gasteiger partial charge in [0, 0.05) is 57.2 Å². The normalized spacial score (nSPS) is 9.21. The number of hydrogen-bond donors (Lipinski definition) is 0. The van der Waals surface area contributed by atoms with Crippen molar-refractivity contribution in [1.82, 2.24) is 4.98 Å². The average molecular weight is 260 g/mol. The smallest absolute Gasteiger partial charge is 0.169 e. The molecule has 2 rings (SSSR count). The van der Waals surface area contributed by atoms with E-state index in [1.54, 1.807) is 0 Å². The summed E-state index contributed by atoms with van der Waals surface area (Å²) < 4.78 is 2.02. The molecular weight excluding hydrogens is 249 g/mol. The number of pyridine rings is 2. The second kappa shape index (κ2) is 5.33. The van der Waals surface area contributed by atoms with Crippen molar-refractivity contribution in [3.63, 3.8) is 0 Å². The maximum Gasteiger partial charge on any atom is 0.169 e. The monoisotopic (exact) mass is 260 g/mol. The van der Waals surface area contributed by atoms with Crippen LogP contribution in [0.25, 0.3) is 11.1 Å². The zero-order valence-electron chi connectivity index (χ0n) is 8.09. The van der Waals surface area contributed by atoms with Crippen molar-refractivity contribution in [1.29, 1.82) is 0 Å². The van der Waals surface area contributed by atoms with Crippen molar-refractivity contribution in [2.75, 3.05) is 0 Å². The Labute approximate surface area is 109 Å². The van der Waals surface area contributed by atoms with Crippen LogP contribution in [-0.4, -0.2) is 4.98 Å². The summed E-state index contributed by atoms with van der Waals surface area (Å²) in [6, 6.07) is 8.20. The van der Waals surface area contributed by atoms with E-state index in [2.05, 4.69) is 17.1 Å². The van der Waals surface area contributed by atoms with Crippen molar-refractivity contribution in [3.05, 3.63) is 49.1 Å². The molecule has 0 bridgehead atoms. The van der Waals surface area contributed by atoms with E-state index in [0.29, 0.717) is 0 Å². The van der Waals surface area contributed by atoms with Gasteiger partial charge in [0.05, 0.1) is 0 Å². The van der Waals surface area contributed by atoms with Crippen LogP contribution in [0.3, 0.4) is 0 Å². The molecule has 3 heteroatoms. The molecule has 0 aliphatic rings. The van der Waals surface area contributed by atoms with Gasteiger partial charge in [0.2, 0.25) is 0 Å². The van der Waals surface area contributed by atoms with Gasteiger partial charge in [-0.25, -0.2) is 4.57 Å². The van der Waals surface area contributed by atoms with E-state index in [0.717, 1.165) is 0 Å². The Balaban J connectivity index is 0.000000980. The Bertz CT molecular complexity index is 384. The van der Waals surface area contributed by atoms with E-state index in [-0.39, 0.29) is 32.7 Å². The molecule has 2 aromatic rings. The minimum absolute atomic E-state index is 0. The Kier molecular flexibility index (Phi) is 4.37. The van der Waals surface area contributed by atoms with Gasteiger partial charge in [-0.3, -0.25) is 4.98 Å². The Hall–Kier alpha value is -0.596. The first-order valence-electron chi connectivity index (χ1n) is 4.22. The number of aromatic nitrogens is 2. The minimum Gasteiger partial charge on any atom is -0.265 e. The van der Waals surface area contributed by atoms with Crippen molar-refractivity contribution >= 4 is 0 Å². The van der Waals surface area contributed by atoms with Crippen LogP contribution in [-0.2, 0) is 39.8 Å². The zero-order valence-corrected chi connectivity index (χ0v) is 10.9. The summed E-state index contributed by atoms with van der Waals surface area (Å²) in [4.78, 5) is 3.98. The molecule has 67 valence electrons. The van der Waals surface area contributed by atoms with E-state index in [1.807, 2.05) is 48.5 Å². The molecule has 2 heterocycles.